The predicted octanol–water partition coefficient (Wildman–Crippen LogP) is 4.49. The molecular formula is C20H20FNO3S. The lowest BCUT2D eigenvalue weighted by Gasteiger charge is -2.09. The average molecular weight is 373 g/mol. The van der Waals surface area contributed by atoms with Crippen LogP contribution >= 0.6 is 11.8 Å². The molecule has 1 N–H and O–H groups in total. The minimum Gasteiger partial charge on any atom is -0.484 e. The Morgan fingerprint density at radius 3 is 2.85 bits per heavy atom. The van der Waals surface area contributed by atoms with Gasteiger partial charge >= 0.3 is 5.97 Å². The van der Waals surface area contributed by atoms with Crippen LogP contribution in [0.3, 0.4) is 0 Å². The zero-order valence-electron chi connectivity index (χ0n) is 14.2. The van der Waals surface area contributed by atoms with Gasteiger partial charge in [-0.25, -0.2) is 9.37 Å². The van der Waals surface area contributed by atoms with Crippen LogP contribution in [0.1, 0.15) is 36.4 Å². The molecule has 1 aromatic carbocycles. The number of carboxylic acids is 1. The van der Waals surface area contributed by atoms with Gasteiger partial charge in [0.05, 0.1) is 16.6 Å². The Hall–Kier alpha value is -2.08. The Labute approximate surface area is 155 Å². The molecule has 1 heterocycles. The van der Waals surface area contributed by atoms with Crippen molar-refractivity contribution in [1.29, 1.82) is 0 Å². The van der Waals surface area contributed by atoms with Crippen molar-refractivity contribution in [2.45, 2.75) is 36.8 Å². The van der Waals surface area contributed by atoms with Gasteiger partial charge in [0.1, 0.15) is 6.61 Å². The highest BCUT2D eigenvalue weighted by Crippen LogP contribution is 2.48. The molecule has 4 rings (SSSR count). The van der Waals surface area contributed by atoms with Gasteiger partial charge in [-0.3, -0.25) is 4.79 Å². The van der Waals surface area contributed by atoms with Gasteiger partial charge in [-0.2, -0.15) is 0 Å². The average Bonchev–Trinajstić information content (AvgIpc) is 3.53. The second-order valence-corrected chi connectivity index (χ2v) is 8.03. The number of thioether (sulfide) groups is 1. The molecule has 0 spiro atoms. The second kappa shape index (κ2) is 7.27. The first-order valence-corrected chi connectivity index (χ1v) is 9.82. The highest BCUT2D eigenvalue weighted by atomic mass is 32.2. The summed E-state index contributed by atoms with van der Waals surface area (Å²) >= 11 is 1.76. The number of carbonyl (C=O) groups is 1. The van der Waals surface area contributed by atoms with E-state index in [1.165, 1.54) is 18.9 Å². The summed E-state index contributed by atoms with van der Waals surface area (Å²) < 4.78 is 19.9. The van der Waals surface area contributed by atoms with E-state index in [9.17, 15) is 9.18 Å². The Morgan fingerprint density at radius 2 is 2.15 bits per heavy atom. The minimum absolute atomic E-state index is 0.0853. The van der Waals surface area contributed by atoms with Gasteiger partial charge in [-0.05, 0) is 60.9 Å². The van der Waals surface area contributed by atoms with Gasteiger partial charge in [0.25, 0.3) is 0 Å². The molecule has 2 unspecified atom stereocenters. The van der Waals surface area contributed by atoms with Crippen molar-refractivity contribution >= 4 is 17.7 Å². The van der Waals surface area contributed by atoms with Crippen molar-refractivity contribution in [2.24, 2.45) is 11.8 Å². The zero-order chi connectivity index (χ0) is 18.1. The smallest absolute Gasteiger partial charge is 0.307 e. The molecule has 2 atom stereocenters. The molecule has 2 aliphatic carbocycles. The topological polar surface area (TPSA) is 59.4 Å². The molecule has 0 bridgehead atoms. The van der Waals surface area contributed by atoms with E-state index in [-0.39, 0.29) is 24.2 Å². The van der Waals surface area contributed by atoms with E-state index >= 15 is 0 Å². The van der Waals surface area contributed by atoms with Crippen molar-refractivity contribution in [3.05, 3.63) is 53.5 Å². The summed E-state index contributed by atoms with van der Waals surface area (Å²) in [6, 6.07) is 10.5. The SMILES string of the molecule is O=C(O)C1CC1c1ccc(OCc2cccc(SCC3CC3)n2)c(F)c1. The highest BCUT2D eigenvalue weighted by molar-refractivity contribution is 7.99. The number of nitrogens with zero attached hydrogens (tertiary/aromatic N) is 1. The fourth-order valence-corrected chi connectivity index (χ4v) is 4.06. The summed E-state index contributed by atoms with van der Waals surface area (Å²) in [5.74, 6) is 0.352. The molecule has 2 aliphatic rings. The number of aliphatic carboxylic acids is 1. The van der Waals surface area contributed by atoms with E-state index in [0.717, 1.165) is 28.0 Å². The molecule has 0 aliphatic heterocycles. The largest absolute Gasteiger partial charge is 0.484 e. The standard InChI is InChI=1S/C20H20FNO3S/c21-17-8-13(15-9-16(15)20(23)24)6-7-18(17)25-10-14-2-1-3-19(22-14)26-11-12-4-5-12/h1-3,6-8,12,15-16H,4-5,9-11H2,(H,23,24). The lowest BCUT2D eigenvalue weighted by molar-refractivity contribution is -0.138. The van der Waals surface area contributed by atoms with Crippen LogP contribution in [-0.4, -0.2) is 21.8 Å². The Kier molecular flexibility index (Phi) is 4.85. The van der Waals surface area contributed by atoms with E-state index in [2.05, 4.69) is 4.98 Å². The van der Waals surface area contributed by atoms with Gasteiger partial charge in [-0.15, -0.1) is 11.8 Å². The Bertz CT molecular complexity index is 824. The lowest BCUT2D eigenvalue weighted by Crippen LogP contribution is -2.02. The highest BCUT2D eigenvalue weighted by Gasteiger charge is 2.44. The summed E-state index contributed by atoms with van der Waals surface area (Å²) in [4.78, 5) is 15.5. The Morgan fingerprint density at radius 1 is 1.31 bits per heavy atom. The first-order valence-electron chi connectivity index (χ1n) is 8.84. The van der Waals surface area contributed by atoms with E-state index in [4.69, 9.17) is 9.84 Å². The van der Waals surface area contributed by atoms with Crippen molar-refractivity contribution in [2.75, 3.05) is 5.75 Å². The Balaban J connectivity index is 1.35. The van der Waals surface area contributed by atoms with Crippen LogP contribution in [0.2, 0.25) is 0 Å². The maximum atomic E-state index is 14.3. The van der Waals surface area contributed by atoms with Crippen LogP contribution in [-0.2, 0) is 11.4 Å². The van der Waals surface area contributed by atoms with E-state index in [1.807, 2.05) is 18.2 Å². The van der Waals surface area contributed by atoms with Gasteiger partial charge < -0.3 is 9.84 Å². The molecular weight excluding hydrogens is 353 g/mol. The number of aromatic nitrogens is 1. The maximum absolute atomic E-state index is 14.3. The molecule has 1 aromatic heterocycles. The lowest BCUT2D eigenvalue weighted by atomic mass is 10.1. The molecule has 26 heavy (non-hydrogen) atoms. The fraction of sp³-hybridized carbons (Fsp3) is 0.400. The predicted molar refractivity (Wildman–Crippen MR) is 96.9 cm³/mol. The van der Waals surface area contributed by atoms with E-state index < -0.39 is 11.8 Å². The van der Waals surface area contributed by atoms with Crippen molar-refractivity contribution in [3.8, 4) is 5.75 Å². The number of ether oxygens (including phenoxy) is 1. The molecule has 0 saturated heterocycles. The van der Waals surface area contributed by atoms with E-state index in [0.29, 0.717) is 6.42 Å². The maximum Gasteiger partial charge on any atom is 0.307 e. The molecule has 4 nitrogen and oxygen atoms in total. The fourth-order valence-electron chi connectivity index (χ4n) is 2.96. The van der Waals surface area contributed by atoms with Crippen molar-refractivity contribution in [3.63, 3.8) is 0 Å². The summed E-state index contributed by atoms with van der Waals surface area (Å²) in [7, 11) is 0. The molecule has 2 saturated carbocycles. The van der Waals surface area contributed by atoms with Crippen molar-refractivity contribution < 1.29 is 19.0 Å². The number of pyridine rings is 1. The number of halogens is 1. The molecule has 2 fully saturated rings. The number of carboxylic acid groups (broad SMARTS) is 1. The van der Waals surface area contributed by atoms with Gasteiger partial charge in [0.2, 0.25) is 0 Å². The second-order valence-electron chi connectivity index (χ2n) is 6.99. The molecule has 0 amide bonds. The van der Waals surface area contributed by atoms with Crippen LogP contribution in [0.4, 0.5) is 4.39 Å². The third-order valence-electron chi connectivity index (χ3n) is 4.81. The minimum atomic E-state index is -0.818. The normalized spacial score (nSPS) is 21.4. The number of benzene rings is 1. The van der Waals surface area contributed by atoms with Gasteiger partial charge in [0, 0.05) is 5.75 Å². The van der Waals surface area contributed by atoms with Crippen LogP contribution in [0, 0.1) is 17.7 Å². The van der Waals surface area contributed by atoms with Crippen molar-refractivity contribution in [1.82, 2.24) is 4.98 Å². The van der Waals surface area contributed by atoms with Crippen LogP contribution < -0.4 is 4.74 Å². The van der Waals surface area contributed by atoms with Crippen LogP contribution in [0.15, 0.2) is 41.4 Å². The third kappa shape index (κ3) is 4.18. The van der Waals surface area contributed by atoms with Gasteiger partial charge in [-0.1, -0.05) is 12.1 Å². The first kappa shape index (κ1) is 17.3. The first-order chi connectivity index (χ1) is 12.6. The molecule has 136 valence electrons. The monoisotopic (exact) mass is 373 g/mol. The quantitative estimate of drug-likeness (QED) is 0.691. The zero-order valence-corrected chi connectivity index (χ0v) is 15.0. The number of rotatable bonds is 8. The van der Waals surface area contributed by atoms with Crippen LogP contribution in [0.5, 0.6) is 5.75 Å². The molecule has 0 radical (unpaired) electrons. The molecule has 2 aromatic rings. The number of hydrogen-bond acceptors (Lipinski definition) is 4. The summed E-state index contributed by atoms with van der Waals surface area (Å²) in [6.07, 6.45) is 3.21. The summed E-state index contributed by atoms with van der Waals surface area (Å²) in [5.41, 5.74) is 1.49. The third-order valence-corrected chi connectivity index (χ3v) is 5.97. The van der Waals surface area contributed by atoms with Crippen LogP contribution in [0.25, 0.3) is 0 Å². The van der Waals surface area contributed by atoms with Gasteiger partial charge in [0.15, 0.2) is 11.6 Å². The number of hydrogen-bond donors (Lipinski definition) is 1. The summed E-state index contributed by atoms with van der Waals surface area (Å²) in [6.45, 7) is 0.204. The molecule has 6 heteroatoms. The summed E-state index contributed by atoms with van der Waals surface area (Å²) in [5, 5.41) is 9.96. The van der Waals surface area contributed by atoms with E-state index in [1.54, 1.807) is 23.9 Å².